The van der Waals surface area contributed by atoms with Crippen LogP contribution >= 0.6 is 31.9 Å². The van der Waals surface area contributed by atoms with Crippen LogP contribution in [0.1, 0.15) is 98.2 Å². The van der Waals surface area contributed by atoms with E-state index in [-0.39, 0.29) is 10.8 Å². The average molecular weight is 711 g/mol. The minimum atomic E-state index is -0.428. The van der Waals surface area contributed by atoms with Crippen LogP contribution in [0.15, 0.2) is 106 Å². The second-order valence-corrected chi connectivity index (χ2v) is 15.5. The van der Waals surface area contributed by atoms with Crippen LogP contribution in [0.3, 0.4) is 0 Å². The van der Waals surface area contributed by atoms with Crippen molar-refractivity contribution in [2.24, 2.45) is 0 Å². The monoisotopic (exact) mass is 708 g/mol. The molecule has 2 aromatic carbocycles. The van der Waals surface area contributed by atoms with E-state index in [0.717, 1.165) is 54.5 Å². The summed E-state index contributed by atoms with van der Waals surface area (Å²) in [6.45, 7) is 13.8. The first kappa shape index (κ1) is 29.2. The van der Waals surface area contributed by atoms with Crippen molar-refractivity contribution in [1.29, 1.82) is 0 Å². The van der Waals surface area contributed by atoms with Crippen molar-refractivity contribution in [3.05, 3.63) is 163 Å². The maximum Gasteiger partial charge on any atom is 0.0723 e. The number of halogens is 2. The van der Waals surface area contributed by atoms with Gasteiger partial charge in [0, 0.05) is 65.3 Å². The fraction of sp³-hybridized carbons (Fsp3) is 0.263. The Labute approximate surface area is 276 Å². The summed E-state index contributed by atoms with van der Waals surface area (Å²) < 4.78 is 2.14. The molecule has 0 radical (unpaired) electrons. The highest BCUT2D eigenvalue weighted by Crippen LogP contribution is 2.45. The number of rotatable bonds is 2. The first-order chi connectivity index (χ1) is 20.8. The summed E-state index contributed by atoms with van der Waals surface area (Å²) >= 11 is 7.28. The first-order valence-corrected chi connectivity index (χ1v) is 16.7. The third-order valence-electron chi connectivity index (χ3n) is 10.4. The minimum absolute atomic E-state index is 0.293. The van der Waals surface area contributed by atoms with E-state index in [1.807, 2.05) is 0 Å². The van der Waals surface area contributed by atoms with E-state index in [1.165, 1.54) is 11.1 Å². The van der Waals surface area contributed by atoms with E-state index >= 15 is 0 Å². The lowest BCUT2D eigenvalue weighted by atomic mass is 9.77. The van der Waals surface area contributed by atoms with Gasteiger partial charge >= 0.3 is 0 Å². The second kappa shape index (κ2) is 10.0. The van der Waals surface area contributed by atoms with E-state index in [0.29, 0.717) is 0 Å². The van der Waals surface area contributed by atoms with Gasteiger partial charge in [0.15, 0.2) is 0 Å². The number of fused-ring (bicyclic) bond motifs is 8. The van der Waals surface area contributed by atoms with Gasteiger partial charge in [0.1, 0.15) is 0 Å². The average Bonchev–Trinajstić information content (AvgIpc) is 3.82. The van der Waals surface area contributed by atoms with Gasteiger partial charge in [0.25, 0.3) is 0 Å². The van der Waals surface area contributed by atoms with Crippen LogP contribution in [0.25, 0.3) is 0 Å². The molecule has 5 heterocycles. The van der Waals surface area contributed by atoms with E-state index in [2.05, 4.69) is 190 Å². The standard InChI is InChI=1S/C38H38Br2N4/c1-35(2)27-15-19-31(41-27)37(5,23-7-11-25(39)12-8-23)33-21-17-29(43-33)36(3,4)30-18-22-34(44-30)38(6,32-20-16-28(35)42-32)24-9-13-26(40)14-10-24/h7-22,41-44H,1-6H3. The molecule has 4 N–H and O–H groups in total. The Hall–Kier alpha value is -3.48. The van der Waals surface area contributed by atoms with Crippen molar-refractivity contribution < 1.29 is 0 Å². The predicted molar refractivity (Wildman–Crippen MR) is 187 cm³/mol. The third kappa shape index (κ3) is 4.28. The van der Waals surface area contributed by atoms with Gasteiger partial charge in [-0.25, -0.2) is 0 Å². The number of benzene rings is 2. The Morgan fingerprint density at radius 1 is 0.341 bits per heavy atom. The number of aromatic nitrogens is 4. The molecule has 0 aliphatic carbocycles. The van der Waals surface area contributed by atoms with Crippen LogP contribution < -0.4 is 0 Å². The Bertz CT molecular complexity index is 1730. The molecule has 6 heteroatoms. The fourth-order valence-electron chi connectivity index (χ4n) is 6.97. The van der Waals surface area contributed by atoms with E-state index in [9.17, 15) is 0 Å². The maximum absolute atomic E-state index is 3.90. The van der Waals surface area contributed by atoms with Crippen LogP contribution in [-0.2, 0) is 21.7 Å². The molecule has 0 spiro atoms. The maximum atomic E-state index is 3.90. The van der Waals surface area contributed by atoms with Crippen molar-refractivity contribution >= 4 is 31.9 Å². The van der Waals surface area contributed by atoms with Crippen molar-refractivity contribution in [2.45, 2.75) is 63.2 Å². The number of hydrogen-bond donors (Lipinski definition) is 4. The molecule has 0 saturated carbocycles. The number of hydrogen-bond acceptors (Lipinski definition) is 0. The van der Waals surface area contributed by atoms with Gasteiger partial charge in [0.05, 0.1) is 10.8 Å². The zero-order valence-electron chi connectivity index (χ0n) is 26.0. The topological polar surface area (TPSA) is 63.2 Å². The molecule has 1 aliphatic rings. The van der Waals surface area contributed by atoms with Crippen LogP contribution in [0, 0.1) is 0 Å². The molecular formula is C38H38Br2N4. The van der Waals surface area contributed by atoms with Gasteiger partial charge in [-0.15, -0.1) is 0 Å². The lowest BCUT2D eigenvalue weighted by Gasteiger charge is -2.32. The summed E-state index contributed by atoms with van der Waals surface area (Å²) in [6.07, 6.45) is 0. The Morgan fingerprint density at radius 2 is 0.568 bits per heavy atom. The lowest BCUT2D eigenvalue weighted by Crippen LogP contribution is -2.29. The van der Waals surface area contributed by atoms with Gasteiger partial charge in [0.2, 0.25) is 0 Å². The summed E-state index contributed by atoms with van der Waals surface area (Å²) in [5.74, 6) is 0. The molecule has 224 valence electrons. The first-order valence-electron chi connectivity index (χ1n) is 15.2. The molecule has 4 nitrogen and oxygen atoms in total. The van der Waals surface area contributed by atoms with Crippen LogP contribution in [0.2, 0.25) is 0 Å². The Morgan fingerprint density at radius 3 is 0.818 bits per heavy atom. The molecule has 7 rings (SSSR count). The summed E-state index contributed by atoms with van der Waals surface area (Å²) in [7, 11) is 0. The van der Waals surface area contributed by atoms with E-state index < -0.39 is 10.8 Å². The smallest absolute Gasteiger partial charge is 0.0723 e. The molecule has 0 unspecified atom stereocenters. The largest absolute Gasteiger partial charge is 0.360 e. The molecule has 0 saturated heterocycles. The molecule has 0 fully saturated rings. The third-order valence-corrected chi connectivity index (χ3v) is 11.5. The van der Waals surface area contributed by atoms with Crippen LogP contribution in [0.4, 0.5) is 0 Å². The van der Waals surface area contributed by atoms with Crippen LogP contribution in [0.5, 0.6) is 0 Å². The van der Waals surface area contributed by atoms with Crippen LogP contribution in [-0.4, -0.2) is 19.9 Å². The van der Waals surface area contributed by atoms with Gasteiger partial charge in [-0.05, 0) is 125 Å². The highest BCUT2D eigenvalue weighted by molar-refractivity contribution is 9.10. The Kier molecular flexibility index (Phi) is 6.66. The van der Waals surface area contributed by atoms with Crippen molar-refractivity contribution in [3.63, 3.8) is 0 Å². The predicted octanol–water partition coefficient (Wildman–Crippen LogP) is 10.2. The van der Waals surface area contributed by atoms with Gasteiger partial charge in [-0.2, -0.15) is 0 Å². The highest BCUT2D eigenvalue weighted by atomic mass is 79.9. The molecule has 1 aliphatic heterocycles. The molecule has 44 heavy (non-hydrogen) atoms. The summed E-state index contributed by atoms with van der Waals surface area (Å²) in [6, 6.07) is 35.4. The molecule has 4 aromatic heterocycles. The molecule has 0 atom stereocenters. The van der Waals surface area contributed by atoms with Gasteiger partial charge in [-0.3, -0.25) is 0 Å². The molecule has 0 amide bonds. The molecular weight excluding hydrogens is 672 g/mol. The van der Waals surface area contributed by atoms with Crippen molar-refractivity contribution in [1.82, 2.24) is 19.9 Å². The molecule has 6 aromatic rings. The molecule has 8 bridgehead atoms. The quantitative estimate of drug-likeness (QED) is 0.138. The van der Waals surface area contributed by atoms with E-state index in [4.69, 9.17) is 0 Å². The zero-order chi connectivity index (χ0) is 31.1. The van der Waals surface area contributed by atoms with Gasteiger partial charge < -0.3 is 19.9 Å². The highest BCUT2D eigenvalue weighted by Gasteiger charge is 2.40. The van der Waals surface area contributed by atoms with Gasteiger partial charge in [-0.1, -0.05) is 56.1 Å². The summed E-state index contributed by atoms with van der Waals surface area (Å²) in [4.78, 5) is 15.6. The van der Waals surface area contributed by atoms with Crippen molar-refractivity contribution in [3.8, 4) is 0 Å². The minimum Gasteiger partial charge on any atom is -0.360 e. The second-order valence-electron chi connectivity index (χ2n) is 13.7. The normalized spacial score (nSPS) is 22.2. The fourth-order valence-corrected chi connectivity index (χ4v) is 7.50. The van der Waals surface area contributed by atoms with E-state index in [1.54, 1.807) is 0 Å². The Balaban J connectivity index is 1.50. The number of aromatic amines is 4. The SMILES string of the molecule is CC1(C)c2ccc([nH]2)C(C)(c2ccc(Br)cc2)c2ccc([nH]2)C(C)(C)c2ccc([nH]2)C(C)(c2ccc(Br)cc2)c2ccc1[nH]2. The number of H-pyrrole nitrogens is 4. The zero-order valence-corrected chi connectivity index (χ0v) is 29.2. The lowest BCUT2D eigenvalue weighted by molar-refractivity contribution is 0.563. The van der Waals surface area contributed by atoms with Crippen molar-refractivity contribution in [2.75, 3.05) is 0 Å². The summed E-state index contributed by atoms with van der Waals surface area (Å²) in [5.41, 5.74) is 10.2. The number of nitrogens with one attached hydrogen (secondary N) is 4. The summed E-state index contributed by atoms with van der Waals surface area (Å²) in [5, 5.41) is 0.